The van der Waals surface area contributed by atoms with E-state index in [1.54, 1.807) is 0 Å². The summed E-state index contributed by atoms with van der Waals surface area (Å²) in [6.07, 6.45) is -0.103. The minimum Gasteiger partial charge on any atom is -0.433 e. The lowest BCUT2D eigenvalue weighted by Gasteiger charge is -2.31. The van der Waals surface area contributed by atoms with Gasteiger partial charge >= 0.3 is 6.09 Å². The Kier molecular flexibility index (Phi) is 7.90. The first-order chi connectivity index (χ1) is 15.5. The standard InChI is InChI=1S/C27H32N2O3/c1-4-29(5-2)24-16-17-25(21(20-24)18-19-30)28-26(31)32-27(3,22-12-8-6-9-13-22)23-14-10-7-11-15-23/h6-17,20,30H,4-5,18-19H2,1-3H3,(H,28,31). The van der Waals surface area contributed by atoms with Crippen molar-refractivity contribution in [3.63, 3.8) is 0 Å². The predicted molar refractivity (Wildman–Crippen MR) is 130 cm³/mol. The number of hydrogen-bond acceptors (Lipinski definition) is 4. The number of nitrogens with zero attached hydrogens (tertiary/aromatic N) is 1. The van der Waals surface area contributed by atoms with Gasteiger partial charge in [-0.15, -0.1) is 0 Å². The summed E-state index contributed by atoms with van der Waals surface area (Å²) in [5, 5.41) is 12.5. The second-order valence-electron chi connectivity index (χ2n) is 7.77. The van der Waals surface area contributed by atoms with Gasteiger partial charge in [-0.1, -0.05) is 60.7 Å². The van der Waals surface area contributed by atoms with E-state index in [2.05, 4.69) is 24.1 Å². The Morgan fingerprint density at radius 3 is 2.00 bits per heavy atom. The molecule has 3 rings (SSSR count). The first-order valence-electron chi connectivity index (χ1n) is 11.1. The number of anilines is 2. The Balaban J connectivity index is 1.88. The van der Waals surface area contributed by atoms with E-state index in [0.717, 1.165) is 35.5 Å². The summed E-state index contributed by atoms with van der Waals surface area (Å²) in [5.41, 5.74) is 3.39. The number of nitrogens with one attached hydrogen (secondary N) is 1. The fraction of sp³-hybridized carbons (Fsp3) is 0.296. The Bertz CT molecular complexity index is 962. The van der Waals surface area contributed by atoms with E-state index < -0.39 is 11.7 Å². The maximum Gasteiger partial charge on any atom is 0.412 e. The Morgan fingerprint density at radius 1 is 0.938 bits per heavy atom. The SMILES string of the molecule is CCN(CC)c1ccc(NC(=O)OC(C)(c2ccccc2)c2ccccc2)c(CCO)c1. The zero-order valence-electron chi connectivity index (χ0n) is 19.0. The largest absolute Gasteiger partial charge is 0.433 e. The van der Waals surface area contributed by atoms with Crippen LogP contribution in [0.4, 0.5) is 16.2 Å². The normalized spacial score (nSPS) is 11.1. The summed E-state index contributed by atoms with van der Waals surface area (Å²) in [6, 6.07) is 25.3. The number of aliphatic hydroxyl groups is 1. The molecule has 168 valence electrons. The maximum absolute atomic E-state index is 13.1. The Labute approximate surface area is 190 Å². The zero-order valence-corrected chi connectivity index (χ0v) is 19.0. The summed E-state index contributed by atoms with van der Waals surface area (Å²) in [4.78, 5) is 15.3. The van der Waals surface area contributed by atoms with Crippen LogP contribution in [0, 0.1) is 0 Å². The minimum absolute atomic E-state index is 0.00280. The molecule has 3 aromatic rings. The van der Waals surface area contributed by atoms with Crippen LogP contribution in [0.3, 0.4) is 0 Å². The Hall–Kier alpha value is -3.31. The Morgan fingerprint density at radius 2 is 1.50 bits per heavy atom. The molecule has 0 aliphatic carbocycles. The second-order valence-corrected chi connectivity index (χ2v) is 7.77. The average molecular weight is 433 g/mol. The van der Waals surface area contributed by atoms with Crippen LogP contribution in [-0.2, 0) is 16.8 Å². The maximum atomic E-state index is 13.1. The molecule has 0 saturated heterocycles. The van der Waals surface area contributed by atoms with Crippen molar-refractivity contribution in [3.05, 3.63) is 95.6 Å². The highest BCUT2D eigenvalue weighted by Crippen LogP contribution is 2.34. The molecule has 0 saturated carbocycles. The van der Waals surface area contributed by atoms with E-state index in [0.29, 0.717) is 12.1 Å². The third-order valence-corrected chi connectivity index (χ3v) is 5.78. The fourth-order valence-corrected chi connectivity index (χ4v) is 3.93. The average Bonchev–Trinajstić information content (AvgIpc) is 2.82. The van der Waals surface area contributed by atoms with Crippen molar-refractivity contribution in [2.45, 2.75) is 32.8 Å². The van der Waals surface area contributed by atoms with Crippen LogP contribution < -0.4 is 10.2 Å². The molecule has 5 heteroatoms. The molecule has 0 unspecified atom stereocenters. The smallest absolute Gasteiger partial charge is 0.412 e. The number of amides is 1. The molecule has 1 amide bonds. The van der Waals surface area contributed by atoms with E-state index in [1.165, 1.54) is 0 Å². The van der Waals surface area contributed by atoms with E-state index >= 15 is 0 Å². The number of aliphatic hydroxyl groups excluding tert-OH is 1. The molecule has 0 atom stereocenters. The van der Waals surface area contributed by atoms with Crippen LogP contribution in [0.15, 0.2) is 78.9 Å². The lowest BCUT2D eigenvalue weighted by molar-refractivity contribution is 0.0632. The fourth-order valence-electron chi connectivity index (χ4n) is 3.93. The van der Waals surface area contributed by atoms with Gasteiger partial charge in [-0.3, -0.25) is 5.32 Å². The highest BCUT2D eigenvalue weighted by Gasteiger charge is 2.33. The van der Waals surface area contributed by atoms with Crippen molar-refractivity contribution in [1.82, 2.24) is 0 Å². The summed E-state index contributed by atoms with van der Waals surface area (Å²) in [5.74, 6) is 0. The summed E-state index contributed by atoms with van der Waals surface area (Å²) < 4.78 is 6.04. The van der Waals surface area contributed by atoms with Gasteiger partial charge in [0.1, 0.15) is 0 Å². The van der Waals surface area contributed by atoms with E-state index in [-0.39, 0.29) is 6.61 Å². The molecule has 0 aliphatic heterocycles. The number of carbonyl (C=O) groups is 1. The molecule has 0 spiro atoms. The van der Waals surface area contributed by atoms with Crippen molar-refractivity contribution < 1.29 is 14.6 Å². The molecule has 0 radical (unpaired) electrons. The molecule has 32 heavy (non-hydrogen) atoms. The third kappa shape index (κ3) is 5.29. The molecule has 0 aromatic heterocycles. The quantitative estimate of drug-likeness (QED) is 0.463. The number of ether oxygens (including phenoxy) is 1. The summed E-state index contributed by atoms with van der Waals surface area (Å²) >= 11 is 0. The van der Waals surface area contributed by atoms with Crippen LogP contribution in [0.1, 0.15) is 37.5 Å². The first-order valence-corrected chi connectivity index (χ1v) is 11.1. The van der Waals surface area contributed by atoms with Crippen molar-refractivity contribution in [3.8, 4) is 0 Å². The molecular formula is C27H32N2O3. The van der Waals surface area contributed by atoms with Gasteiger partial charge in [0.15, 0.2) is 5.60 Å². The lowest BCUT2D eigenvalue weighted by Crippen LogP contribution is -2.33. The van der Waals surface area contributed by atoms with Crippen molar-refractivity contribution >= 4 is 17.5 Å². The van der Waals surface area contributed by atoms with Gasteiger partial charge in [0, 0.05) is 31.1 Å². The third-order valence-electron chi connectivity index (χ3n) is 5.78. The van der Waals surface area contributed by atoms with Crippen LogP contribution in [0.25, 0.3) is 0 Å². The molecular weight excluding hydrogens is 400 g/mol. The molecule has 0 fully saturated rings. The molecule has 3 aromatic carbocycles. The molecule has 0 bridgehead atoms. The zero-order chi connectivity index (χ0) is 23.0. The van der Waals surface area contributed by atoms with Gasteiger partial charge < -0.3 is 14.7 Å². The van der Waals surface area contributed by atoms with Gasteiger partial charge in [0.25, 0.3) is 0 Å². The number of carbonyl (C=O) groups excluding carboxylic acids is 1. The van der Waals surface area contributed by atoms with Crippen molar-refractivity contribution in [2.75, 3.05) is 29.9 Å². The monoisotopic (exact) mass is 432 g/mol. The van der Waals surface area contributed by atoms with Gasteiger partial charge in [-0.25, -0.2) is 4.79 Å². The summed E-state index contributed by atoms with van der Waals surface area (Å²) in [6.45, 7) is 7.87. The number of hydrogen-bond donors (Lipinski definition) is 2. The van der Waals surface area contributed by atoms with Gasteiger partial charge in [-0.2, -0.15) is 0 Å². The van der Waals surface area contributed by atoms with E-state index in [9.17, 15) is 9.90 Å². The highest BCUT2D eigenvalue weighted by molar-refractivity contribution is 5.87. The lowest BCUT2D eigenvalue weighted by atomic mass is 9.88. The van der Waals surface area contributed by atoms with Gasteiger partial charge in [-0.05, 0) is 62.1 Å². The first kappa shape index (κ1) is 23.4. The number of rotatable bonds is 9. The van der Waals surface area contributed by atoms with Crippen molar-refractivity contribution in [2.24, 2.45) is 0 Å². The predicted octanol–water partition coefficient (Wildman–Crippen LogP) is 5.58. The van der Waals surface area contributed by atoms with Gasteiger partial charge in [0.05, 0.1) is 0 Å². The van der Waals surface area contributed by atoms with Crippen molar-refractivity contribution in [1.29, 1.82) is 0 Å². The highest BCUT2D eigenvalue weighted by atomic mass is 16.6. The van der Waals surface area contributed by atoms with E-state index in [1.807, 2.05) is 85.8 Å². The topological polar surface area (TPSA) is 61.8 Å². The van der Waals surface area contributed by atoms with Crippen LogP contribution in [0.2, 0.25) is 0 Å². The molecule has 5 nitrogen and oxygen atoms in total. The minimum atomic E-state index is -0.953. The molecule has 2 N–H and O–H groups in total. The second kappa shape index (κ2) is 10.8. The van der Waals surface area contributed by atoms with Crippen LogP contribution in [0.5, 0.6) is 0 Å². The van der Waals surface area contributed by atoms with Crippen LogP contribution in [-0.4, -0.2) is 30.9 Å². The molecule has 0 heterocycles. The van der Waals surface area contributed by atoms with Crippen LogP contribution >= 0.6 is 0 Å². The number of benzene rings is 3. The molecule has 0 aliphatic rings. The van der Waals surface area contributed by atoms with Gasteiger partial charge in [0.2, 0.25) is 0 Å². The van der Waals surface area contributed by atoms with E-state index in [4.69, 9.17) is 4.74 Å². The summed E-state index contributed by atoms with van der Waals surface area (Å²) in [7, 11) is 0.